The van der Waals surface area contributed by atoms with E-state index in [-0.39, 0.29) is 6.10 Å². The summed E-state index contributed by atoms with van der Waals surface area (Å²) in [5.74, 6) is 1.48. The molecule has 0 aliphatic heterocycles. The molecule has 1 rings (SSSR count). The molecule has 1 atom stereocenters. The van der Waals surface area contributed by atoms with Crippen LogP contribution in [0.1, 0.15) is 20.3 Å². The molecule has 0 saturated carbocycles. The lowest BCUT2D eigenvalue weighted by Gasteiger charge is -2.13. The second kappa shape index (κ2) is 7.26. The lowest BCUT2D eigenvalue weighted by atomic mass is 10.2. The van der Waals surface area contributed by atoms with E-state index in [9.17, 15) is 4.21 Å². The highest BCUT2D eigenvalue weighted by Gasteiger charge is 2.02. The summed E-state index contributed by atoms with van der Waals surface area (Å²) in [7, 11) is -0.729. The number of hydrogen-bond donors (Lipinski definition) is 2. The molecule has 0 heterocycles. The van der Waals surface area contributed by atoms with Gasteiger partial charge in [-0.2, -0.15) is 0 Å². The van der Waals surface area contributed by atoms with Gasteiger partial charge in [0.25, 0.3) is 0 Å². The zero-order valence-corrected chi connectivity index (χ0v) is 12.0. The lowest BCUT2D eigenvalue weighted by Crippen LogP contribution is -2.08. The Bertz CT molecular complexity index is 408. The molecular weight excluding hydrogens is 248 g/mol. The van der Waals surface area contributed by atoms with E-state index < -0.39 is 10.8 Å². The van der Waals surface area contributed by atoms with Gasteiger partial charge < -0.3 is 15.8 Å². The van der Waals surface area contributed by atoms with Gasteiger partial charge in [-0.25, -0.2) is 0 Å². The van der Waals surface area contributed by atoms with Crippen LogP contribution in [-0.2, 0) is 10.8 Å². The van der Waals surface area contributed by atoms with Crippen LogP contribution in [0.4, 0.5) is 11.4 Å². The minimum absolute atomic E-state index is 0.127. The van der Waals surface area contributed by atoms with E-state index in [0.29, 0.717) is 11.4 Å². The molecule has 1 unspecified atom stereocenters. The van der Waals surface area contributed by atoms with Crippen molar-refractivity contribution in [2.75, 3.05) is 29.6 Å². The summed E-state index contributed by atoms with van der Waals surface area (Å²) in [6.07, 6.45) is 2.72. The van der Waals surface area contributed by atoms with Crippen LogP contribution in [0.15, 0.2) is 18.2 Å². The number of benzene rings is 1. The summed E-state index contributed by atoms with van der Waals surface area (Å²) in [6, 6.07) is 5.61. The molecule has 3 N–H and O–H groups in total. The highest BCUT2D eigenvalue weighted by molar-refractivity contribution is 7.84. The van der Waals surface area contributed by atoms with Crippen molar-refractivity contribution in [2.45, 2.75) is 26.4 Å². The van der Waals surface area contributed by atoms with Gasteiger partial charge in [-0.05, 0) is 26.3 Å². The van der Waals surface area contributed by atoms with E-state index >= 15 is 0 Å². The number of anilines is 2. The summed E-state index contributed by atoms with van der Waals surface area (Å²) >= 11 is 0. The first-order chi connectivity index (χ1) is 8.47. The van der Waals surface area contributed by atoms with Crippen molar-refractivity contribution >= 4 is 22.2 Å². The Morgan fingerprint density at radius 3 is 2.72 bits per heavy atom. The van der Waals surface area contributed by atoms with Gasteiger partial charge in [-0.15, -0.1) is 0 Å². The fourth-order valence-electron chi connectivity index (χ4n) is 1.57. The summed E-state index contributed by atoms with van der Waals surface area (Å²) < 4.78 is 16.5. The van der Waals surface area contributed by atoms with Crippen LogP contribution >= 0.6 is 0 Å². The normalized spacial score (nSPS) is 12.4. The van der Waals surface area contributed by atoms with Crippen molar-refractivity contribution in [3.63, 3.8) is 0 Å². The molecule has 1 aromatic rings. The molecule has 0 aliphatic rings. The molecule has 5 heteroatoms. The molecule has 4 nitrogen and oxygen atoms in total. The molecule has 18 heavy (non-hydrogen) atoms. The predicted octanol–water partition coefficient (Wildman–Crippen LogP) is 2.24. The van der Waals surface area contributed by atoms with Gasteiger partial charge in [0.2, 0.25) is 0 Å². The zero-order chi connectivity index (χ0) is 13.5. The van der Waals surface area contributed by atoms with Gasteiger partial charge in [0.15, 0.2) is 0 Å². The smallest absolute Gasteiger partial charge is 0.123 e. The second-order valence-electron chi connectivity index (χ2n) is 4.51. The third-order valence-corrected chi connectivity index (χ3v) is 3.10. The Labute approximate surface area is 111 Å². The van der Waals surface area contributed by atoms with Crippen LogP contribution in [0.5, 0.6) is 5.75 Å². The third-order valence-electron chi connectivity index (χ3n) is 2.24. The molecule has 0 bridgehead atoms. The maximum Gasteiger partial charge on any atom is 0.123 e. The quantitative estimate of drug-likeness (QED) is 0.589. The lowest BCUT2D eigenvalue weighted by molar-refractivity contribution is 0.242. The topological polar surface area (TPSA) is 64.3 Å². The average molecular weight is 270 g/mol. The van der Waals surface area contributed by atoms with Crippen molar-refractivity contribution in [1.82, 2.24) is 0 Å². The van der Waals surface area contributed by atoms with Crippen LogP contribution in [0.2, 0.25) is 0 Å². The summed E-state index contributed by atoms with van der Waals surface area (Å²) in [4.78, 5) is 0. The Kier molecular flexibility index (Phi) is 5.98. The molecule has 0 spiro atoms. The van der Waals surface area contributed by atoms with Crippen molar-refractivity contribution < 1.29 is 8.95 Å². The molecule has 0 radical (unpaired) electrons. The number of nitrogens with one attached hydrogen (secondary N) is 1. The number of hydrogen-bond acceptors (Lipinski definition) is 4. The van der Waals surface area contributed by atoms with Gasteiger partial charge in [0.1, 0.15) is 5.75 Å². The largest absolute Gasteiger partial charge is 0.491 e. The van der Waals surface area contributed by atoms with E-state index in [1.54, 1.807) is 6.26 Å². The standard InChI is InChI=1S/C13H22N2O2S/c1-10(2)17-13-8-11(14)7-12(9-13)15-5-4-6-18(3)16/h7-10,15H,4-6,14H2,1-3H3. The summed E-state index contributed by atoms with van der Waals surface area (Å²) in [5.41, 5.74) is 7.43. The summed E-state index contributed by atoms with van der Waals surface area (Å²) in [5, 5.41) is 3.26. The van der Waals surface area contributed by atoms with Crippen LogP contribution in [-0.4, -0.2) is 28.9 Å². The Balaban J connectivity index is 2.54. The average Bonchev–Trinajstić information content (AvgIpc) is 2.22. The second-order valence-corrected chi connectivity index (χ2v) is 6.07. The summed E-state index contributed by atoms with van der Waals surface area (Å²) in [6.45, 7) is 4.74. The van der Waals surface area contributed by atoms with Crippen LogP contribution in [0.25, 0.3) is 0 Å². The molecule has 1 aromatic carbocycles. The van der Waals surface area contributed by atoms with Gasteiger partial charge >= 0.3 is 0 Å². The van der Waals surface area contributed by atoms with Gasteiger partial charge in [0.05, 0.1) is 6.10 Å². The Morgan fingerprint density at radius 2 is 2.11 bits per heavy atom. The molecule has 0 fully saturated rings. The minimum Gasteiger partial charge on any atom is -0.491 e. The van der Waals surface area contributed by atoms with Crippen LogP contribution in [0, 0.1) is 0 Å². The van der Waals surface area contributed by atoms with Crippen molar-refractivity contribution in [1.29, 1.82) is 0 Å². The predicted molar refractivity (Wildman–Crippen MR) is 78.7 cm³/mol. The molecule has 102 valence electrons. The van der Waals surface area contributed by atoms with Gasteiger partial charge in [-0.3, -0.25) is 4.21 Å². The molecular formula is C13H22N2O2S. The van der Waals surface area contributed by atoms with E-state index in [1.807, 2.05) is 32.0 Å². The van der Waals surface area contributed by atoms with E-state index in [2.05, 4.69) is 5.32 Å². The highest BCUT2D eigenvalue weighted by Crippen LogP contribution is 2.23. The fraction of sp³-hybridized carbons (Fsp3) is 0.538. The zero-order valence-electron chi connectivity index (χ0n) is 11.2. The first kappa shape index (κ1) is 14.8. The maximum absolute atomic E-state index is 10.9. The third kappa shape index (κ3) is 5.91. The molecule has 0 saturated heterocycles. The maximum atomic E-state index is 10.9. The monoisotopic (exact) mass is 270 g/mol. The first-order valence-electron chi connectivity index (χ1n) is 6.08. The molecule has 0 aliphatic carbocycles. The molecule has 0 amide bonds. The number of nitrogens with two attached hydrogens (primary N) is 1. The SMILES string of the molecule is CC(C)Oc1cc(N)cc(NCCCS(C)=O)c1. The van der Waals surface area contributed by atoms with Crippen molar-refractivity contribution in [3.05, 3.63) is 18.2 Å². The number of ether oxygens (including phenoxy) is 1. The van der Waals surface area contributed by atoms with Crippen LogP contribution in [0.3, 0.4) is 0 Å². The number of nitrogen functional groups attached to an aromatic ring is 1. The minimum atomic E-state index is -0.729. The molecule has 0 aromatic heterocycles. The van der Waals surface area contributed by atoms with E-state index in [0.717, 1.165) is 24.4 Å². The highest BCUT2D eigenvalue weighted by atomic mass is 32.2. The van der Waals surface area contributed by atoms with E-state index in [4.69, 9.17) is 10.5 Å². The van der Waals surface area contributed by atoms with E-state index in [1.165, 1.54) is 0 Å². The Morgan fingerprint density at radius 1 is 1.39 bits per heavy atom. The first-order valence-corrected chi connectivity index (χ1v) is 7.81. The van der Waals surface area contributed by atoms with Crippen molar-refractivity contribution in [3.8, 4) is 5.75 Å². The fourth-order valence-corrected chi connectivity index (χ4v) is 2.12. The van der Waals surface area contributed by atoms with Gasteiger partial charge in [0, 0.05) is 52.9 Å². The van der Waals surface area contributed by atoms with Gasteiger partial charge in [-0.1, -0.05) is 0 Å². The Hall–Kier alpha value is -1.23. The van der Waals surface area contributed by atoms with Crippen molar-refractivity contribution in [2.24, 2.45) is 0 Å². The number of rotatable bonds is 7. The van der Waals surface area contributed by atoms with Crippen LogP contribution < -0.4 is 15.8 Å².